The molecule has 2 aromatic carbocycles. The van der Waals surface area contributed by atoms with Crippen molar-refractivity contribution in [1.29, 1.82) is 0 Å². The molecule has 1 saturated heterocycles. The minimum atomic E-state index is -3.64. The van der Waals surface area contributed by atoms with E-state index in [1.54, 1.807) is 18.2 Å². The predicted octanol–water partition coefficient (Wildman–Crippen LogP) is 4.55. The van der Waals surface area contributed by atoms with E-state index in [9.17, 15) is 8.42 Å². The third-order valence-corrected chi connectivity index (χ3v) is 6.98. The van der Waals surface area contributed by atoms with Crippen LogP contribution in [-0.4, -0.2) is 44.5 Å². The Labute approximate surface area is 176 Å². The van der Waals surface area contributed by atoms with Crippen LogP contribution in [0.25, 0.3) is 10.9 Å². The number of hydrogen-bond donors (Lipinski definition) is 1. The first kappa shape index (κ1) is 21.0. The lowest BCUT2D eigenvalue weighted by molar-refractivity contribution is 0.239. The zero-order valence-electron chi connectivity index (χ0n) is 15.2. The van der Waals surface area contributed by atoms with Gasteiger partial charge >= 0.3 is 0 Å². The van der Waals surface area contributed by atoms with Crippen LogP contribution in [0.1, 0.15) is 12.8 Å². The van der Waals surface area contributed by atoms with Crippen molar-refractivity contribution in [2.75, 3.05) is 26.2 Å². The van der Waals surface area contributed by atoms with Crippen LogP contribution in [0.5, 0.6) is 5.75 Å². The van der Waals surface area contributed by atoms with Gasteiger partial charge in [0, 0.05) is 23.2 Å². The van der Waals surface area contributed by atoms with Crippen molar-refractivity contribution in [3.63, 3.8) is 0 Å². The number of benzene rings is 2. The molecule has 4 rings (SSSR count). The van der Waals surface area contributed by atoms with E-state index in [1.807, 2.05) is 12.1 Å². The van der Waals surface area contributed by atoms with E-state index in [0.717, 1.165) is 19.6 Å². The largest absolute Gasteiger partial charge is 0.490 e. The molecule has 5 nitrogen and oxygen atoms in total. The van der Waals surface area contributed by atoms with E-state index in [1.165, 1.54) is 31.2 Å². The molecule has 8 heteroatoms. The second-order valence-electron chi connectivity index (χ2n) is 6.69. The first-order valence-electron chi connectivity index (χ1n) is 9.01. The van der Waals surface area contributed by atoms with Crippen LogP contribution in [0.15, 0.2) is 58.5 Å². The quantitative estimate of drug-likeness (QED) is 0.610. The summed E-state index contributed by atoms with van der Waals surface area (Å²) in [6, 6.07) is 11.7. The molecule has 1 fully saturated rings. The van der Waals surface area contributed by atoms with Crippen LogP contribution < -0.4 is 4.74 Å². The molecule has 0 saturated carbocycles. The van der Waals surface area contributed by atoms with Crippen molar-refractivity contribution in [1.82, 2.24) is 9.88 Å². The monoisotopic (exact) mass is 440 g/mol. The summed E-state index contributed by atoms with van der Waals surface area (Å²) in [7, 11) is -3.64. The molecular weight excluding hydrogens is 419 g/mol. The lowest BCUT2D eigenvalue weighted by atomic mass is 10.2. The third-order valence-electron chi connectivity index (χ3n) is 4.92. The second-order valence-corrected chi connectivity index (χ2v) is 9.04. The summed E-state index contributed by atoms with van der Waals surface area (Å²) in [5.74, 6) is 0.671. The fourth-order valence-corrected chi connectivity index (χ4v) is 5.02. The van der Waals surface area contributed by atoms with Crippen LogP contribution in [0.4, 0.5) is 0 Å². The summed E-state index contributed by atoms with van der Waals surface area (Å²) in [5, 5.41) is 1.13. The Morgan fingerprint density at radius 3 is 2.50 bits per heavy atom. The highest BCUT2D eigenvalue weighted by Gasteiger charge is 2.23. The zero-order valence-corrected chi connectivity index (χ0v) is 17.6. The first-order chi connectivity index (χ1) is 13.1. The van der Waals surface area contributed by atoms with Gasteiger partial charge in [-0.3, -0.25) is 4.90 Å². The molecule has 0 radical (unpaired) electrons. The molecule has 1 aliphatic rings. The summed E-state index contributed by atoms with van der Waals surface area (Å²) in [6.45, 7) is 3.71. The summed E-state index contributed by atoms with van der Waals surface area (Å²) >= 11 is 5.88. The Morgan fingerprint density at radius 1 is 1.07 bits per heavy atom. The normalized spacial score (nSPS) is 14.9. The minimum absolute atomic E-state index is 0. The van der Waals surface area contributed by atoms with Crippen LogP contribution in [0, 0.1) is 0 Å². The molecule has 0 aliphatic carbocycles. The number of nitrogens with zero attached hydrogens (tertiary/aromatic N) is 1. The number of ether oxygens (including phenoxy) is 1. The number of sulfone groups is 1. The average Bonchev–Trinajstić information content (AvgIpc) is 3.32. The molecule has 1 N–H and O–H groups in total. The maximum Gasteiger partial charge on any atom is 0.208 e. The highest BCUT2D eigenvalue weighted by Crippen LogP contribution is 2.33. The van der Waals surface area contributed by atoms with Crippen LogP contribution in [-0.2, 0) is 9.84 Å². The van der Waals surface area contributed by atoms with Gasteiger partial charge in [-0.2, -0.15) is 0 Å². The highest BCUT2D eigenvalue weighted by atomic mass is 35.5. The number of aromatic amines is 1. The number of para-hydroxylation sites is 1. The van der Waals surface area contributed by atoms with E-state index in [4.69, 9.17) is 16.3 Å². The number of rotatable bonds is 6. The van der Waals surface area contributed by atoms with Crippen LogP contribution in [0.3, 0.4) is 0 Å². The van der Waals surface area contributed by atoms with Gasteiger partial charge in [0.05, 0.1) is 15.3 Å². The van der Waals surface area contributed by atoms with Gasteiger partial charge in [-0.25, -0.2) is 8.42 Å². The maximum absolute atomic E-state index is 13.0. The molecule has 0 spiro atoms. The Bertz CT molecular complexity index is 1040. The second kappa shape index (κ2) is 8.74. The molecule has 1 aromatic heterocycles. The topological polar surface area (TPSA) is 62.4 Å². The Balaban J connectivity index is 0.00000225. The summed E-state index contributed by atoms with van der Waals surface area (Å²) in [6.07, 6.45) is 4.03. The number of likely N-dealkylation sites (tertiary alicyclic amines) is 1. The fraction of sp³-hybridized carbons (Fsp3) is 0.300. The molecule has 0 amide bonds. The Kier molecular flexibility index (Phi) is 6.55. The molecule has 3 aromatic rings. The van der Waals surface area contributed by atoms with Crippen molar-refractivity contribution >= 4 is 44.7 Å². The van der Waals surface area contributed by atoms with Crippen molar-refractivity contribution in [3.05, 3.63) is 53.7 Å². The lowest BCUT2D eigenvalue weighted by Crippen LogP contribution is -2.25. The lowest BCUT2D eigenvalue weighted by Gasteiger charge is -2.15. The van der Waals surface area contributed by atoms with Gasteiger partial charge in [0.15, 0.2) is 0 Å². The highest BCUT2D eigenvalue weighted by molar-refractivity contribution is 7.91. The molecule has 1 aliphatic heterocycles. The van der Waals surface area contributed by atoms with E-state index >= 15 is 0 Å². The van der Waals surface area contributed by atoms with Gasteiger partial charge in [0.1, 0.15) is 12.4 Å². The summed E-state index contributed by atoms with van der Waals surface area (Å²) in [4.78, 5) is 5.92. The number of hydrogen-bond acceptors (Lipinski definition) is 4. The van der Waals surface area contributed by atoms with Crippen molar-refractivity contribution < 1.29 is 13.2 Å². The molecule has 0 unspecified atom stereocenters. The van der Waals surface area contributed by atoms with Gasteiger partial charge in [-0.05, 0) is 56.3 Å². The smallest absolute Gasteiger partial charge is 0.208 e. The van der Waals surface area contributed by atoms with E-state index in [0.29, 0.717) is 28.3 Å². The molecular formula is C20H22Cl2N2O3S. The van der Waals surface area contributed by atoms with Gasteiger partial charge < -0.3 is 9.72 Å². The minimum Gasteiger partial charge on any atom is -0.490 e. The SMILES string of the molecule is Cl.O=S(=O)(c1ccc(Cl)cc1)c1c[nH]c2c(OCCN3CCCC3)cccc12. The third kappa shape index (κ3) is 4.15. The van der Waals surface area contributed by atoms with Crippen molar-refractivity contribution in [2.45, 2.75) is 22.6 Å². The molecule has 0 bridgehead atoms. The fourth-order valence-electron chi connectivity index (χ4n) is 3.48. The van der Waals surface area contributed by atoms with Gasteiger partial charge in [-0.1, -0.05) is 23.7 Å². The van der Waals surface area contributed by atoms with Crippen molar-refractivity contribution in [2.24, 2.45) is 0 Å². The molecule has 0 atom stereocenters. The molecule has 28 heavy (non-hydrogen) atoms. The van der Waals surface area contributed by atoms with Crippen LogP contribution >= 0.6 is 24.0 Å². The van der Waals surface area contributed by atoms with Gasteiger partial charge in [0.25, 0.3) is 0 Å². The average molecular weight is 441 g/mol. The number of nitrogens with one attached hydrogen (secondary N) is 1. The predicted molar refractivity (Wildman–Crippen MR) is 114 cm³/mol. The van der Waals surface area contributed by atoms with Crippen LogP contribution in [0.2, 0.25) is 5.02 Å². The Hall–Kier alpha value is -1.73. The van der Waals surface area contributed by atoms with Crippen molar-refractivity contribution in [3.8, 4) is 5.75 Å². The standard InChI is InChI=1S/C20H21ClN2O3S.ClH/c21-15-6-8-16(9-7-15)27(24,25)19-14-22-20-17(19)4-3-5-18(20)26-13-12-23-10-1-2-11-23;/h3-9,14,22H,1-2,10-13H2;1H. The number of halogens is 2. The zero-order chi connectivity index (χ0) is 18.9. The molecule has 2 heterocycles. The maximum atomic E-state index is 13.0. The summed E-state index contributed by atoms with van der Waals surface area (Å²) in [5.41, 5.74) is 0.700. The number of aromatic nitrogens is 1. The first-order valence-corrected chi connectivity index (χ1v) is 10.9. The van der Waals surface area contributed by atoms with E-state index < -0.39 is 9.84 Å². The number of fused-ring (bicyclic) bond motifs is 1. The van der Waals surface area contributed by atoms with Gasteiger partial charge in [-0.15, -0.1) is 12.4 Å². The van der Waals surface area contributed by atoms with Gasteiger partial charge in [0.2, 0.25) is 9.84 Å². The Morgan fingerprint density at radius 2 is 1.79 bits per heavy atom. The van der Waals surface area contributed by atoms with E-state index in [2.05, 4.69) is 9.88 Å². The summed E-state index contributed by atoms with van der Waals surface area (Å²) < 4.78 is 32.0. The number of H-pyrrole nitrogens is 1. The van der Waals surface area contributed by atoms with E-state index in [-0.39, 0.29) is 22.2 Å². The molecule has 150 valence electrons.